The van der Waals surface area contributed by atoms with Gasteiger partial charge in [-0.3, -0.25) is 0 Å². The number of carboxylic acid groups (broad SMARTS) is 1. The Morgan fingerprint density at radius 1 is 1.47 bits per heavy atom. The molecule has 1 aromatic heterocycles. The zero-order valence-corrected chi connectivity index (χ0v) is 11.5. The number of rotatable bonds is 5. The third-order valence-corrected chi connectivity index (χ3v) is 4.12. The lowest BCUT2D eigenvalue weighted by molar-refractivity contribution is 0.0691. The van der Waals surface area contributed by atoms with Gasteiger partial charge in [-0.25, -0.2) is 9.78 Å². The van der Waals surface area contributed by atoms with Crippen molar-refractivity contribution in [3.05, 3.63) is 40.9 Å². The predicted molar refractivity (Wildman–Crippen MR) is 76.3 cm³/mol. The zero-order valence-electron chi connectivity index (χ0n) is 9.87. The van der Waals surface area contributed by atoms with Crippen LogP contribution in [0.4, 0.5) is 0 Å². The minimum Gasteiger partial charge on any atom is -0.476 e. The van der Waals surface area contributed by atoms with E-state index in [9.17, 15) is 4.79 Å². The number of thiazole rings is 1. The van der Waals surface area contributed by atoms with Crippen molar-refractivity contribution >= 4 is 29.1 Å². The summed E-state index contributed by atoms with van der Waals surface area (Å²) in [5.41, 5.74) is 2.07. The number of benzene rings is 1. The smallest absolute Gasteiger partial charge is 0.355 e. The minimum absolute atomic E-state index is 0.0690. The van der Waals surface area contributed by atoms with Crippen LogP contribution in [-0.2, 0) is 5.75 Å². The van der Waals surface area contributed by atoms with Crippen molar-refractivity contribution in [2.24, 2.45) is 0 Å². The van der Waals surface area contributed by atoms with Gasteiger partial charge in [-0.1, -0.05) is 24.3 Å². The van der Waals surface area contributed by atoms with Gasteiger partial charge < -0.3 is 5.11 Å². The summed E-state index contributed by atoms with van der Waals surface area (Å²) in [6.45, 7) is 0. The maximum atomic E-state index is 10.8. The van der Waals surface area contributed by atoms with E-state index in [1.807, 2.05) is 24.3 Å². The van der Waals surface area contributed by atoms with E-state index in [1.165, 1.54) is 28.5 Å². The lowest BCUT2D eigenvalue weighted by atomic mass is 10.1. The Kier molecular flexibility index (Phi) is 4.55. The number of carboxylic acids is 1. The molecule has 19 heavy (non-hydrogen) atoms. The van der Waals surface area contributed by atoms with Crippen molar-refractivity contribution in [1.82, 2.24) is 4.98 Å². The Balaban J connectivity index is 2.28. The number of aromatic nitrogens is 1. The molecular weight excluding hydrogens is 280 g/mol. The first kappa shape index (κ1) is 13.6. The lowest BCUT2D eigenvalue weighted by Crippen LogP contribution is -1.96. The highest BCUT2D eigenvalue weighted by atomic mass is 32.2. The van der Waals surface area contributed by atoms with E-state index in [-0.39, 0.29) is 5.69 Å². The molecule has 0 fully saturated rings. The SMILES string of the molecule is N#CCSCc1ccccc1-c1nc(C(=O)O)cs1. The van der Waals surface area contributed by atoms with Gasteiger partial charge in [0.15, 0.2) is 5.69 Å². The molecule has 0 saturated carbocycles. The highest BCUT2D eigenvalue weighted by molar-refractivity contribution is 7.98. The van der Waals surface area contributed by atoms with E-state index in [0.717, 1.165) is 11.1 Å². The van der Waals surface area contributed by atoms with Crippen LogP contribution < -0.4 is 0 Å². The fourth-order valence-corrected chi connectivity index (χ4v) is 3.08. The second kappa shape index (κ2) is 6.36. The monoisotopic (exact) mass is 290 g/mol. The third-order valence-electron chi connectivity index (χ3n) is 2.40. The van der Waals surface area contributed by atoms with E-state index in [2.05, 4.69) is 11.1 Å². The number of carbonyl (C=O) groups is 1. The second-order valence-electron chi connectivity index (χ2n) is 3.65. The molecule has 2 aromatic rings. The van der Waals surface area contributed by atoms with Crippen LogP contribution in [-0.4, -0.2) is 21.8 Å². The average Bonchev–Trinajstić information content (AvgIpc) is 2.89. The van der Waals surface area contributed by atoms with Crippen LogP contribution in [0.3, 0.4) is 0 Å². The molecule has 4 nitrogen and oxygen atoms in total. The van der Waals surface area contributed by atoms with Gasteiger partial charge in [-0.05, 0) is 5.56 Å². The summed E-state index contributed by atoms with van der Waals surface area (Å²) in [5.74, 6) is 0.136. The van der Waals surface area contributed by atoms with Crippen molar-refractivity contribution in [2.45, 2.75) is 5.75 Å². The Morgan fingerprint density at radius 3 is 2.95 bits per heavy atom. The van der Waals surface area contributed by atoms with Gasteiger partial charge in [0.25, 0.3) is 0 Å². The van der Waals surface area contributed by atoms with Crippen LogP contribution in [0.25, 0.3) is 10.6 Å². The normalized spacial score (nSPS) is 10.1. The van der Waals surface area contributed by atoms with Crippen molar-refractivity contribution in [1.29, 1.82) is 5.26 Å². The maximum Gasteiger partial charge on any atom is 0.355 e. The standard InChI is InChI=1S/C13H10N2O2S2/c14-5-6-18-7-9-3-1-2-4-10(9)12-15-11(8-19-12)13(16)17/h1-4,8H,6-7H2,(H,16,17). The number of hydrogen-bond donors (Lipinski definition) is 1. The van der Waals surface area contributed by atoms with E-state index in [4.69, 9.17) is 10.4 Å². The van der Waals surface area contributed by atoms with Gasteiger partial charge >= 0.3 is 5.97 Å². The van der Waals surface area contributed by atoms with Gasteiger partial charge in [0, 0.05) is 16.7 Å². The lowest BCUT2D eigenvalue weighted by Gasteiger charge is -2.05. The zero-order chi connectivity index (χ0) is 13.7. The topological polar surface area (TPSA) is 74.0 Å². The fourth-order valence-electron chi connectivity index (χ4n) is 1.56. The summed E-state index contributed by atoms with van der Waals surface area (Å²) in [7, 11) is 0. The summed E-state index contributed by atoms with van der Waals surface area (Å²) < 4.78 is 0. The molecule has 0 spiro atoms. The van der Waals surface area contributed by atoms with Gasteiger partial charge in [-0.15, -0.1) is 23.1 Å². The molecule has 0 radical (unpaired) electrons. The highest BCUT2D eigenvalue weighted by Crippen LogP contribution is 2.29. The fraction of sp³-hybridized carbons (Fsp3) is 0.154. The van der Waals surface area contributed by atoms with Crippen LogP contribution in [0.2, 0.25) is 0 Å². The quantitative estimate of drug-likeness (QED) is 0.855. The highest BCUT2D eigenvalue weighted by Gasteiger charge is 2.12. The summed E-state index contributed by atoms with van der Waals surface area (Å²) in [6, 6.07) is 9.81. The maximum absolute atomic E-state index is 10.8. The van der Waals surface area contributed by atoms with E-state index >= 15 is 0 Å². The Bertz CT molecular complexity index is 632. The Morgan fingerprint density at radius 2 is 2.26 bits per heavy atom. The third kappa shape index (κ3) is 3.34. The summed E-state index contributed by atoms with van der Waals surface area (Å²) in [4.78, 5) is 15.0. The molecule has 6 heteroatoms. The van der Waals surface area contributed by atoms with Crippen molar-refractivity contribution in [3.63, 3.8) is 0 Å². The molecular formula is C13H10N2O2S2. The molecule has 1 heterocycles. The van der Waals surface area contributed by atoms with Crippen molar-refractivity contribution < 1.29 is 9.90 Å². The first-order valence-electron chi connectivity index (χ1n) is 5.44. The average molecular weight is 290 g/mol. The van der Waals surface area contributed by atoms with E-state index < -0.39 is 5.97 Å². The molecule has 0 amide bonds. The molecule has 0 aliphatic heterocycles. The summed E-state index contributed by atoms with van der Waals surface area (Å²) >= 11 is 2.85. The number of nitrogens with zero attached hydrogens (tertiary/aromatic N) is 2. The molecule has 1 N–H and O–H groups in total. The molecule has 0 saturated heterocycles. The molecule has 0 unspecified atom stereocenters. The first-order valence-corrected chi connectivity index (χ1v) is 7.47. The molecule has 0 atom stereocenters. The van der Waals surface area contributed by atoms with E-state index in [0.29, 0.717) is 16.5 Å². The van der Waals surface area contributed by atoms with E-state index in [1.54, 1.807) is 0 Å². The summed E-state index contributed by atoms with van der Waals surface area (Å²) in [5, 5.41) is 19.7. The number of hydrogen-bond acceptors (Lipinski definition) is 5. The van der Waals surface area contributed by atoms with Gasteiger partial charge in [0.2, 0.25) is 0 Å². The number of nitriles is 1. The van der Waals surface area contributed by atoms with Gasteiger partial charge in [-0.2, -0.15) is 5.26 Å². The largest absolute Gasteiger partial charge is 0.476 e. The Hall–Kier alpha value is -1.84. The van der Waals surface area contributed by atoms with Gasteiger partial charge in [0.1, 0.15) is 5.01 Å². The van der Waals surface area contributed by atoms with Crippen LogP contribution >= 0.6 is 23.1 Å². The van der Waals surface area contributed by atoms with Crippen molar-refractivity contribution in [3.8, 4) is 16.6 Å². The molecule has 0 bridgehead atoms. The van der Waals surface area contributed by atoms with Crippen LogP contribution in [0.5, 0.6) is 0 Å². The molecule has 96 valence electrons. The molecule has 0 aliphatic carbocycles. The predicted octanol–water partition coefficient (Wildman–Crippen LogP) is 3.27. The number of thioether (sulfide) groups is 1. The van der Waals surface area contributed by atoms with Crippen LogP contribution in [0.1, 0.15) is 16.1 Å². The van der Waals surface area contributed by atoms with Gasteiger partial charge in [0.05, 0.1) is 11.8 Å². The summed E-state index contributed by atoms with van der Waals surface area (Å²) in [6.07, 6.45) is 0. The molecule has 1 aromatic carbocycles. The van der Waals surface area contributed by atoms with Crippen molar-refractivity contribution in [2.75, 3.05) is 5.75 Å². The van der Waals surface area contributed by atoms with Crippen LogP contribution in [0.15, 0.2) is 29.6 Å². The number of aromatic carboxylic acids is 1. The molecule has 0 aliphatic rings. The molecule has 2 rings (SSSR count). The first-order chi connectivity index (χ1) is 9.22. The second-order valence-corrected chi connectivity index (χ2v) is 5.49. The Labute approximate surface area is 118 Å². The van der Waals surface area contributed by atoms with Crippen LogP contribution in [0, 0.1) is 11.3 Å². The minimum atomic E-state index is -1.01.